The van der Waals surface area contributed by atoms with E-state index in [-0.39, 0.29) is 30.4 Å². The first-order valence-corrected chi connectivity index (χ1v) is 12.3. The van der Waals surface area contributed by atoms with Crippen molar-refractivity contribution in [3.63, 3.8) is 0 Å². The summed E-state index contributed by atoms with van der Waals surface area (Å²) in [5.74, 6) is 2.84. The average Bonchev–Trinajstić information content (AvgIpc) is 2.74. The molecule has 2 N–H and O–H groups in total. The zero-order valence-corrected chi connectivity index (χ0v) is 19.7. The summed E-state index contributed by atoms with van der Waals surface area (Å²) in [6.45, 7) is 3.84. The highest BCUT2D eigenvalue weighted by atomic mass is 16.5. The van der Waals surface area contributed by atoms with E-state index in [4.69, 9.17) is 10.5 Å². The average molecular weight is 442 g/mol. The fourth-order valence-electron chi connectivity index (χ4n) is 6.96. The van der Waals surface area contributed by atoms with Gasteiger partial charge >= 0.3 is 0 Å². The van der Waals surface area contributed by atoms with Gasteiger partial charge in [0.1, 0.15) is 5.75 Å². The van der Waals surface area contributed by atoms with Crippen LogP contribution < -0.4 is 10.5 Å². The molecule has 0 saturated heterocycles. The summed E-state index contributed by atoms with van der Waals surface area (Å²) < 4.78 is 5.44. The number of nitrogens with zero attached hydrogens (tertiary/aromatic N) is 2. The zero-order chi connectivity index (χ0) is 22.7. The Morgan fingerprint density at radius 3 is 2.31 bits per heavy atom. The third-order valence-electron chi connectivity index (χ3n) is 7.92. The number of carbonyl (C=O) groups excluding carboxylic acids is 2. The van der Waals surface area contributed by atoms with E-state index in [1.165, 1.54) is 19.3 Å². The lowest BCUT2D eigenvalue weighted by Crippen LogP contribution is -2.62. The minimum absolute atomic E-state index is 0.0436. The minimum Gasteiger partial charge on any atom is -0.497 e. The van der Waals surface area contributed by atoms with Gasteiger partial charge in [-0.1, -0.05) is 25.5 Å². The van der Waals surface area contributed by atoms with Crippen molar-refractivity contribution in [1.29, 1.82) is 0 Å². The first-order valence-electron chi connectivity index (χ1n) is 12.3. The molecule has 0 aliphatic heterocycles. The van der Waals surface area contributed by atoms with Crippen molar-refractivity contribution in [2.75, 3.05) is 26.7 Å². The van der Waals surface area contributed by atoms with E-state index in [1.54, 1.807) is 7.11 Å². The molecule has 6 nitrogen and oxygen atoms in total. The van der Waals surface area contributed by atoms with Crippen molar-refractivity contribution >= 4 is 11.8 Å². The van der Waals surface area contributed by atoms with Gasteiger partial charge in [-0.15, -0.1) is 0 Å². The van der Waals surface area contributed by atoms with Gasteiger partial charge in [0.2, 0.25) is 11.8 Å². The highest BCUT2D eigenvalue weighted by Crippen LogP contribution is 2.58. The summed E-state index contributed by atoms with van der Waals surface area (Å²) in [5.41, 5.74) is 6.56. The quantitative estimate of drug-likeness (QED) is 0.569. The van der Waals surface area contributed by atoms with Gasteiger partial charge in [0, 0.05) is 12.1 Å². The number of unbranched alkanes of at least 4 members (excludes halogenated alkanes) is 1. The molecule has 4 saturated carbocycles. The summed E-state index contributed by atoms with van der Waals surface area (Å²) in [6, 6.07) is 8.07. The fraction of sp³-hybridized carbons (Fsp3) is 0.692. The summed E-state index contributed by atoms with van der Waals surface area (Å²) >= 11 is 0. The van der Waals surface area contributed by atoms with Crippen LogP contribution in [0.15, 0.2) is 24.3 Å². The van der Waals surface area contributed by atoms with Crippen LogP contribution in [-0.2, 0) is 16.1 Å². The Morgan fingerprint density at radius 2 is 1.75 bits per heavy atom. The van der Waals surface area contributed by atoms with Crippen LogP contribution in [0.2, 0.25) is 0 Å². The summed E-state index contributed by atoms with van der Waals surface area (Å²) in [7, 11) is 1.68. The molecule has 1 aromatic rings. The van der Waals surface area contributed by atoms with E-state index >= 15 is 0 Å². The van der Waals surface area contributed by atoms with Crippen LogP contribution in [-0.4, -0.2) is 53.9 Å². The highest BCUT2D eigenvalue weighted by Gasteiger charge is 2.54. The molecule has 176 valence electrons. The van der Waals surface area contributed by atoms with Crippen LogP contribution >= 0.6 is 0 Å². The van der Waals surface area contributed by atoms with Gasteiger partial charge < -0.3 is 15.4 Å². The molecule has 0 heterocycles. The lowest BCUT2D eigenvalue weighted by atomic mass is 9.52. The van der Waals surface area contributed by atoms with Crippen LogP contribution in [0.1, 0.15) is 63.9 Å². The number of rotatable bonds is 11. The molecule has 0 radical (unpaired) electrons. The maximum atomic E-state index is 13.9. The molecule has 4 fully saturated rings. The van der Waals surface area contributed by atoms with E-state index in [9.17, 15) is 9.59 Å². The number of amides is 2. The van der Waals surface area contributed by atoms with Gasteiger partial charge in [-0.25, -0.2) is 0 Å². The van der Waals surface area contributed by atoms with Gasteiger partial charge in [-0.3, -0.25) is 14.5 Å². The lowest BCUT2D eigenvalue weighted by molar-refractivity contribution is -0.153. The SMILES string of the molecule is CCCCN(CC(N)=O)CC(=O)N(Cc1cccc(OC)c1)C12CC3CC(CC(C3)C1)C2. The first kappa shape index (κ1) is 23.1. The van der Waals surface area contributed by atoms with Crippen molar-refractivity contribution in [3.05, 3.63) is 29.8 Å². The van der Waals surface area contributed by atoms with E-state index in [1.807, 2.05) is 23.1 Å². The Morgan fingerprint density at radius 1 is 1.09 bits per heavy atom. The number of benzene rings is 1. The number of carbonyl (C=O) groups is 2. The molecular weight excluding hydrogens is 402 g/mol. The number of primary amides is 1. The topological polar surface area (TPSA) is 75.9 Å². The predicted octanol–water partition coefficient (Wildman–Crippen LogP) is 3.58. The number of methoxy groups -OCH3 is 1. The predicted molar refractivity (Wildman–Crippen MR) is 125 cm³/mol. The molecule has 0 atom stereocenters. The molecule has 4 bridgehead atoms. The second-order valence-corrected chi connectivity index (χ2v) is 10.5. The second-order valence-electron chi connectivity index (χ2n) is 10.5. The van der Waals surface area contributed by atoms with E-state index in [2.05, 4.69) is 17.9 Å². The Balaban J connectivity index is 1.59. The minimum atomic E-state index is -0.372. The Hall–Kier alpha value is -2.08. The van der Waals surface area contributed by atoms with Crippen molar-refractivity contribution < 1.29 is 14.3 Å². The monoisotopic (exact) mass is 441 g/mol. The van der Waals surface area contributed by atoms with Crippen molar-refractivity contribution in [2.45, 2.75) is 70.4 Å². The van der Waals surface area contributed by atoms with Gasteiger partial charge in [0.05, 0.1) is 20.2 Å². The van der Waals surface area contributed by atoms with E-state index in [0.717, 1.165) is 67.7 Å². The smallest absolute Gasteiger partial charge is 0.237 e. The van der Waals surface area contributed by atoms with Crippen LogP contribution in [0.5, 0.6) is 5.75 Å². The Labute approximate surface area is 192 Å². The standard InChI is InChI=1S/C26H39N3O3/c1-3-4-8-28(17-24(27)30)18-25(31)29(16-19-6-5-7-23(12-19)32-2)26-13-20-9-21(14-26)11-22(10-20)15-26/h5-7,12,20-22H,3-4,8-11,13-18H2,1-2H3,(H2,27,30). The molecule has 0 aromatic heterocycles. The number of nitrogens with two attached hydrogens (primary N) is 1. The first-order chi connectivity index (χ1) is 15.4. The van der Waals surface area contributed by atoms with Crippen LogP contribution in [0.4, 0.5) is 0 Å². The molecule has 0 spiro atoms. The number of ether oxygens (including phenoxy) is 1. The molecule has 32 heavy (non-hydrogen) atoms. The maximum Gasteiger partial charge on any atom is 0.237 e. The molecule has 2 amide bonds. The Kier molecular flexibility index (Phi) is 7.08. The second kappa shape index (κ2) is 9.82. The van der Waals surface area contributed by atoms with Crippen LogP contribution in [0.25, 0.3) is 0 Å². The largest absolute Gasteiger partial charge is 0.497 e. The molecule has 5 rings (SSSR count). The van der Waals surface area contributed by atoms with Gasteiger partial charge in [0.25, 0.3) is 0 Å². The summed E-state index contributed by atoms with van der Waals surface area (Å²) in [6.07, 6.45) is 9.36. The van der Waals surface area contributed by atoms with E-state index in [0.29, 0.717) is 6.54 Å². The normalized spacial score (nSPS) is 28.2. The lowest BCUT2D eigenvalue weighted by Gasteiger charge is -2.60. The van der Waals surface area contributed by atoms with Crippen LogP contribution in [0.3, 0.4) is 0 Å². The third-order valence-corrected chi connectivity index (χ3v) is 7.92. The molecule has 0 unspecified atom stereocenters. The molecule has 1 aromatic carbocycles. The molecule has 4 aliphatic rings. The molecule has 4 aliphatic carbocycles. The van der Waals surface area contributed by atoms with Crippen LogP contribution in [0, 0.1) is 17.8 Å². The van der Waals surface area contributed by atoms with Crippen molar-refractivity contribution in [2.24, 2.45) is 23.5 Å². The summed E-state index contributed by atoms with van der Waals surface area (Å²) in [4.78, 5) is 29.6. The third kappa shape index (κ3) is 5.11. The van der Waals surface area contributed by atoms with Gasteiger partial charge in [-0.05, 0) is 86.9 Å². The number of hydrogen-bond acceptors (Lipinski definition) is 4. The highest BCUT2D eigenvalue weighted by molar-refractivity contribution is 5.81. The van der Waals surface area contributed by atoms with Gasteiger partial charge in [-0.2, -0.15) is 0 Å². The summed E-state index contributed by atoms with van der Waals surface area (Å²) in [5, 5.41) is 0. The fourth-order valence-corrected chi connectivity index (χ4v) is 6.96. The van der Waals surface area contributed by atoms with Crippen molar-refractivity contribution in [3.8, 4) is 5.75 Å². The molecular formula is C26H39N3O3. The Bertz CT molecular complexity index is 789. The van der Waals surface area contributed by atoms with Crippen molar-refractivity contribution in [1.82, 2.24) is 9.80 Å². The zero-order valence-electron chi connectivity index (χ0n) is 19.7. The van der Waals surface area contributed by atoms with E-state index < -0.39 is 0 Å². The van der Waals surface area contributed by atoms with Gasteiger partial charge in [0.15, 0.2) is 0 Å². The molecule has 6 heteroatoms. The number of hydrogen-bond donors (Lipinski definition) is 1. The maximum absolute atomic E-state index is 13.9.